The van der Waals surface area contributed by atoms with Crippen LogP contribution in [0.5, 0.6) is 0 Å². The van der Waals surface area contributed by atoms with Gasteiger partial charge in [0.05, 0.1) is 12.1 Å². The van der Waals surface area contributed by atoms with Crippen LogP contribution in [0.2, 0.25) is 0 Å². The van der Waals surface area contributed by atoms with E-state index in [1.54, 1.807) is 24.3 Å². The molecule has 30 heavy (non-hydrogen) atoms. The van der Waals surface area contributed by atoms with Crippen LogP contribution in [0.15, 0.2) is 60.7 Å². The molecule has 0 saturated carbocycles. The summed E-state index contributed by atoms with van der Waals surface area (Å²) in [5.74, 6) is -4.07. The molecule has 0 saturated heterocycles. The molecule has 0 aliphatic rings. The number of carboxylic acids is 1. The van der Waals surface area contributed by atoms with E-state index in [4.69, 9.17) is 0 Å². The molecule has 3 aromatic rings. The third-order valence-electron chi connectivity index (χ3n) is 4.82. The van der Waals surface area contributed by atoms with Crippen molar-refractivity contribution in [2.45, 2.75) is 39.2 Å². The van der Waals surface area contributed by atoms with Gasteiger partial charge in [-0.2, -0.15) is 8.78 Å². The number of aromatic carboxylic acids is 1. The molecule has 0 radical (unpaired) electrons. The lowest BCUT2D eigenvalue weighted by Gasteiger charge is -2.08. The Balaban J connectivity index is 1.89. The Morgan fingerprint density at radius 1 is 1.17 bits per heavy atom. The van der Waals surface area contributed by atoms with Gasteiger partial charge in [-0.1, -0.05) is 61.5 Å². The molecular weight excluding hydrogens is 388 g/mol. The zero-order chi connectivity index (χ0) is 21.7. The van der Waals surface area contributed by atoms with Gasteiger partial charge in [-0.25, -0.2) is 14.5 Å². The van der Waals surface area contributed by atoms with Gasteiger partial charge in [0.1, 0.15) is 5.82 Å². The van der Waals surface area contributed by atoms with Crippen LogP contribution in [0.1, 0.15) is 47.8 Å². The highest BCUT2D eigenvalue weighted by atomic mass is 19.3. The summed E-state index contributed by atoms with van der Waals surface area (Å²) >= 11 is 0. The summed E-state index contributed by atoms with van der Waals surface area (Å²) in [5.41, 5.74) is 2.48. The van der Waals surface area contributed by atoms with Crippen molar-refractivity contribution in [1.29, 1.82) is 0 Å². The number of nitrogens with zero attached hydrogens (tertiary/aromatic N) is 3. The molecule has 1 heterocycles. The molecule has 2 aromatic carbocycles. The zero-order valence-corrected chi connectivity index (χ0v) is 16.8. The number of carboxylic acid groups (broad SMARTS) is 1. The van der Waals surface area contributed by atoms with Crippen molar-refractivity contribution in [1.82, 2.24) is 14.8 Å². The third kappa shape index (κ3) is 4.62. The van der Waals surface area contributed by atoms with Crippen LogP contribution in [0, 0.1) is 0 Å². The van der Waals surface area contributed by atoms with Gasteiger partial charge >= 0.3 is 11.9 Å². The van der Waals surface area contributed by atoms with Gasteiger partial charge in [0, 0.05) is 12.8 Å². The summed E-state index contributed by atoms with van der Waals surface area (Å²) in [6.07, 6.45) is 3.64. The van der Waals surface area contributed by atoms with E-state index in [-0.39, 0.29) is 12.0 Å². The Labute approximate surface area is 173 Å². The standard InChI is InChI=1S/C23H23F2N3O2/c1-3-5-14-28-20(26-22(27-28)23(24,25)4-2)15-16-10-12-17(13-11-16)18-8-6-7-9-19(18)21(29)30/h3,5-13H,4,14-15H2,1-2H3,(H,29,30). The topological polar surface area (TPSA) is 68.0 Å². The predicted octanol–water partition coefficient (Wildman–Crippen LogP) is 5.31. The number of hydrogen-bond acceptors (Lipinski definition) is 3. The number of allylic oxidation sites excluding steroid dienone is 2. The van der Waals surface area contributed by atoms with E-state index >= 15 is 0 Å². The highest BCUT2D eigenvalue weighted by Gasteiger charge is 2.35. The smallest absolute Gasteiger partial charge is 0.336 e. The molecule has 0 aliphatic carbocycles. The molecule has 0 atom stereocenters. The quantitative estimate of drug-likeness (QED) is 0.510. The van der Waals surface area contributed by atoms with Crippen molar-refractivity contribution in [2.24, 2.45) is 0 Å². The fraction of sp³-hybridized carbons (Fsp3) is 0.261. The maximum atomic E-state index is 14.1. The number of alkyl halides is 2. The molecule has 1 N–H and O–H groups in total. The molecule has 7 heteroatoms. The number of carbonyl (C=O) groups is 1. The van der Waals surface area contributed by atoms with Crippen molar-refractivity contribution < 1.29 is 18.7 Å². The number of benzene rings is 2. The van der Waals surface area contributed by atoms with E-state index in [1.165, 1.54) is 11.6 Å². The Morgan fingerprint density at radius 3 is 2.50 bits per heavy atom. The molecule has 0 fully saturated rings. The van der Waals surface area contributed by atoms with Crippen molar-refractivity contribution in [2.75, 3.05) is 0 Å². The molecule has 0 bridgehead atoms. The van der Waals surface area contributed by atoms with Gasteiger partial charge in [0.25, 0.3) is 0 Å². The first-order valence-corrected chi connectivity index (χ1v) is 9.70. The van der Waals surface area contributed by atoms with Crippen LogP contribution in [-0.2, 0) is 18.9 Å². The molecule has 0 spiro atoms. The molecule has 1 aromatic heterocycles. The maximum absolute atomic E-state index is 14.1. The number of rotatable bonds is 8. The summed E-state index contributed by atoms with van der Waals surface area (Å²) in [7, 11) is 0. The minimum Gasteiger partial charge on any atom is -0.478 e. The van der Waals surface area contributed by atoms with Crippen LogP contribution in [0.3, 0.4) is 0 Å². The van der Waals surface area contributed by atoms with Gasteiger partial charge in [-0.3, -0.25) is 0 Å². The summed E-state index contributed by atoms with van der Waals surface area (Å²) in [6.45, 7) is 3.62. The number of hydrogen-bond donors (Lipinski definition) is 1. The fourth-order valence-electron chi connectivity index (χ4n) is 3.08. The molecular formula is C23H23F2N3O2. The second kappa shape index (κ2) is 8.98. The second-order valence-corrected chi connectivity index (χ2v) is 6.89. The second-order valence-electron chi connectivity index (χ2n) is 6.89. The molecule has 3 rings (SSSR count). The van der Waals surface area contributed by atoms with Crippen LogP contribution in [0.25, 0.3) is 11.1 Å². The molecule has 156 valence electrons. The van der Waals surface area contributed by atoms with Crippen molar-refractivity contribution in [3.05, 3.63) is 83.5 Å². The normalized spacial score (nSPS) is 11.9. The van der Waals surface area contributed by atoms with Crippen LogP contribution >= 0.6 is 0 Å². The summed E-state index contributed by atoms with van der Waals surface area (Å²) in [5, 5.41) is 13.4. The van der Waals surface area contributed by atoms with E-state index in [9.17, 15) is 18.7 Å². The van der Waals surface area contributed by atoms with Gasteiger partial charge in [0.2, 0.25) is 5.82 Å². The summed E-state index contributed by atoms with van der Waals surface area (Å²) in [4.78, 5) is 15.6. The third-order valence-corrected chi connectivity index (χ3v) is 4.82. The van der Waals surface area contributed by atoms with Gasteiger partial charge in [-0.15, -0.1) is 5.10 Å². The maximum Gasteiger partial charge on any atom is 0.336 e. The molecule has 5 nitrogen and oxygen atoms in total. The van der Waals surface area contributed by atoms with E-state index in [2.05, 4.69) is 10.1 Å². The molecule has 0 amide bonds. The lowest BCUT2D eigenvalue weighted by Crippen LogP contribution is -2.14. The van der Waals surface area contributed by atoms with Gasteiger partial charge in [0.15, 0.2) is 0 Å². The molecule has 0 aliphatic heterocycles. The van der Waals surface area contributed by atoms with Crippen molar-refractivity contribution in [3.8, 4) is 11.1 Å². The largest absolute Gasteiger partial charge is 0.478 e. The number of halogens is 2. The first-order valence-electron chi connectivity index (χ1n) is 9.70. The number of aromatic nitrogens is 3. The highest BCUT2D eigenvalue weighted by molar-refractivity contribution is 5.95. The van der Waals surface area contributed by atoms with E-state index in [1.807, 2.05) is 43.3 Å². The summed E-state index contributed by atoms with van der Waals surface area (Å²) in [6, 6.07) is 14.1. The van der Waals surface area contributed by atoms with Gasteiger partial charge in [-0.05, 0) is 29.7 Å². The van der Waals surface area contributed by atoms with Crippen LogP contribution in [0.4, 0.5) is 8.78 Å². The van der Waals surface area contributed by atoms with Crippen LogP contribution < -0.4 is 0 Å². The summed E-state index contributed by atoms with van der Waals surface area (Å²) < 4.78 is 29.7. The monoisotopic (exact) mass is 411 g/mol. The zero-order valence-electron chi connectivity index (χ0n) is 16.8. The average molecular weight is 411 g/mol. The lowest BCUT2D eigenvalue weighted by atomic mass is 9.98. The highest BCUT2D eigenvalue weighted by Crippen LogP contribution is 2.29. The predicted molar refractivity (Wildman–Crippen MR) is 111 cm³/mol. The van der Waals surface area contributed by atoms with Crippen molar-refractivity contribution in [3.63, 3.8) is 0 Å². The Hall–Kier alpha value is -3.35. The van der Waals surface area contributed by atoms with Crippen molar-refractivity contribution >= 4 is 5.97 Å². The fourth-order valence-corrected chi connectivity index (χ4v) is 3.08. The van der Waals surface area contributed by atoms with Gasteiger partial charge < -0.3 is 5.11 Å². The minimum atomic E-state index is -3.07. The Morgan fingerprint density at radius 2 is 1.87 bits per heavy atom. The van der Waals surface area contributed by atoms with E-state index in [0.717, 1.165) is 11.1 Å². The van der Waals surface area contributed by atoms with Crippen LogP contribution in [-0.4, -0.2) is 25.8 Å². The first-order chi connectivity index (χ1) is 14.4. The van der Waals surface area contributed by atoms with E-state index < -0.39 is 17.7 Å². The first kappa shape index (κ1) is 21.4. The Bertz CT molecular complexity index is 1060. The minimum absolute atomic E-state index is 0.225. The lowest BCUT2D eigenvalue weighted by molar-refractivity contribution is -0.0177. The molecule has 0 unspecified atom stereocenters. The Kier molecular flexibility index (Phi) is 6.40. The average Bonchev–Trinajstić information content (AvgIpc) is 3.16. The SMILES string of the molecule is CC=CCn1nc(C(F)(F)CC)nc1Cc1ccc(-c2ccccc2C(=O)O)cc1. The van der Waals surface area contributed by atoms with E-state index in [0.29, 0.717) is 24.4 Å².